The number of benzene rings is 1. The number of anilines is 1. The standard InChI is InChI=1S/C23H34N4O3S/c1-3-26(4-2)23(30)18-9-10-20-19(15-18)27(22(29)17-31-20)16-21(28)24-11-8-14-25-12-6-5-7-13-25/h9-10,15H,3-8,11-14,16-17H2,1-2H3,(H,24,28). The van der Waals surface area contributed by atoms with E-state index in [0.717, 1.165) is 31.0 Å². The van der Waals surface area contributed by atoms with Crippen molar-refractivity contribution < 1.29 is 14.4 Å². The molecule has 0 atom stereocenters. The van der Waals surface area contributed by atoms with E-state index in [1.807, 2.05) is 19.9 Å². The molecule has 0 unspecified atom stereocenters. The Hall–Kier alpha value is -2.06. The number of amides is 3. The Bertz CT molecular complexity index is 791. The van der Waals surface area contributed by atoms with Gasteiger partial charge in [0.05, 0.1) is 11.4 Å². The summed E-state index contributed by atoms with van der Waals surface area (Å²) in [5, 5.41) is 2.95. The van der Waals surface area contributed by atoms with E-state index in [9.17, 15) is 14.4 Å². The van der Waals surface area contributed by atoms with Crippen LogP contribution in [0.25, 0.3) is 0 Å². The van der Waals surface area contributed by atoms with Crippen LogP contribution in [0.1, 0.15) is 49.9 Å². The van der Waals surface area contributed by atoms with Gasteiger partial charge in [0.25, 0.3) is 5.91 Å². The Labute approximate surface area is 189 Å². The largest absolute Gasteiger partial charge is 0.355 e. The third-order valence-corrected chi connectivity index (χ3v) is 6.97. The first-order valence-electron chi connectivity index (χ1n) is 11.4. The van der Waals surface area contributed by atoms with Crippen molar-refractivity contribution in [2.45, 2.75) is 44.4 Å². The van der Waals surface area contributed by atoms with Gasteiger partial charge in [-0.3, -0.25) is 14.4 Å². The van der Waals surface area contributed by atoms with E-state index in [1.54, 1.807) is 17.0 Å². The predicted molar refractivity (Wildman–Crippen MR) is 125 cm³/mol. The second-order valence-electron chi connectivity index (χ2n) is 8.03. The van der Waals surface area contributed by atoms with Crippen LogP contribution < -0.4 is 10.2 Å². The van der Waals surface area contributed by atoms with Gasteiger partial charge < -0.3 is 20.0 Å². The molecule has 0 spiro atoms. The fourth-order valence-corrected chi connectivity index (χ4v) is 5.03. The second-order valence-corrected chi connectivity index (χ2v) is 9.05. The quantitative estimate of drug-likeness (QED) is 0.591. The van der Waals surface area contributed by atoms with Gasteiger partial charge in [0.2, 0.25) is 11.8 Å². The van der Waals surface area contributed by atoms with Crippen LogP contribution in [0.15, 0.2) is 23.1 Å². The summed E-state index contributed by atoms with van der Waals surface area (Å²) in [5.41, 5.74) is 1.20. The molecule has 1 fully saturated rings. The maximum absolute atomic E-state index is 12.7. The number of likely N-dealkylation sites (tertiary alicyclic amines) is 1. The molecule has 0 aliphatic carbocycles. The molecule has 0 saturated carbocycles. The average Bonchev–Trinajstić information content (AvgIpc) is 2.79. The van der Waals surface area contributed by atoms with Crippen molar-refractivity contribution in [3.8, 4) is 0 Å². The zero-order chi connectivity index (χ0) is 22.2. The first-order valence-corrected chi connectivity index (χ1v) is 12.4. The molecule has 2 heterocycles. The predicted octanol–water partition coefficient (Wildman–Crippen LogP) is 2.60. The van der Waals surface area contributed by atoms with Crippen molar-refractivity contribution in [2.75, 3.05) is 56.5 Å². The fraction of sp³-hybridized carbons (Fsp3) is 0.609. The van der Waals surface area contributed by atoms with Crippen LogP contribution in [0.3, 0.4) is 0 Å². The topological polar surface area (TPSA) is 73.0 Å². The molecular formula is C23H34N4O3S. The van der Waals surface area contributed by atoms with Crippen LogP contribution in [0, 0.1) is 0 Å². The van der Waals surface area contributed by atoms with Gasteiger partial charge in [0.15, 0.2) is 0 Å². The molecule has 7 nitrogen and oxygen atoms in total. The van der Waals surface area contributed by atoms with Crippen LogP contribution in [0.5, 0.6) is 0 Å². The highest BCUT2D eigenvalue weighted by atomic mass is 32.2. The van der Waals surface area contributed by atoms with Gasteiger partial charge in [-0.1, -0.05) is 6.42 Å². The summed E-state index contributed by atoms with van der Waals surface area (Å²) in [6.45, 7) is 9.05. The lowest BCUT2D eigenvalue weighted by atomic mass is 10.1. The maximum atomic E-state index is 12.7. The zero-order valence-electron chi connectivity index (χ0n) is 18.7. The zero-order valence-corrected chi connectivity index (χ0v) is 19.5. The number of carbonyl (C=O) groups excluding carboxylic acids is 3. The van der Waals surface area contributed by atoms with Crippen molar-refractivity contribution in [1.82, 2.24) is 15.1 Å². The molecule has 0 bridgehead atoms. The van der Waals surface area contributed by atoms with Gasteiger partial charge in [-0.2, -0.15) is 0 Å². The highest BCUT2D eigenvalue weighted by Gasteiger charge is 2.28. The van der Waals surface area contributed by atoms with Crippen LogP contribution >= 0.6 is 11.8 Å². The number of hydrogen-bond donors (Lipinski definition) is 1. The lowest BCUT2D eigenvalue weighted by molar-refractivity contribution is -0.123. The molecule has 3 rings (SSSR count). The molecule has 2 aliphatic heterocycles. The average molecular weight is 447 g/mol. The van der Waals surface area contributed by atoms with Crippen molar-refractivity contribution in [3.63, 3.8) is 0 Å². The Morgan fingerprint density at radius 2 is 1.87 bits per heavy atom. The summed E-state index contributed by atoms with van der Waals surface area (Å²) >= 11 is 1.45. The molecule has 1 aromatic rings. The molecule has 31 heavy (non-hydrogen) atoms. The molecule has 3 amide bonds. The molecule has 0 aromatic heterocycles. The minimum absolute atomic E-state index is 0.0149. The summed E-state index contributed by atoms with van der Waals surface area (Å²) in [5.74, 6) is -0.0184. The van der Waals surface area contributed by atoms with Gasteiger partial charge >= 0.3 is 0 Å². The number of thioether (sulfide) groups is 1. The Morgan fingerprint density at radius 1 is 1.13 bits per heavy atom. The number of hydrogen-bond acceptors (Lipinski definition) is 5. The van der Waals surface area contributed by atoms with Gasteiger partial charge in [-0.15, -0.1) is 11.8 Å². The monoisotopic (exact) mass is 446 g/mol. The summed E-state index contributed by atoms with van der Waals surface area (Å²) in [6, 6.07) is 5.44. The van der Waals surface area contributed by atoms with Gasteiger partial charge in [-0.05, 0) is 70.9 Å². The molecule has 1 N–H and O–H groups in total. The van der Waals surface area contributed by atoms with E-state index in [4.69, 9.17) is 0 Å². The smallest absolute Gasteiger partial charge is 0.253 e. The highest BCUT2D eigenvalue weighted by Crippen LogP contribution is 2.36. The van der Waals surface area contributed by atoms with Crippen LogP contribution in [-0.4, -0.2) is 79.1 Å². The van der Waals surface area contributed by atoms with Crippen LogP contribution in [0.4, 0.5) is 5.69 Å². The lowest BCUT2D eigenvalue weighted by Gasteiger charge is -2.29. The summed E-state index contributed by atoms with van der Waals surface area (Å²) in [4.78, 5) is 44.5. The number of fused-ring (bicyclic) bond motifs is 1. The first-order chi connectivity index (χ1) is 15.0. The summed E-state index contributed by atoms with van der Waals surface area (Å²) in [6.07, 6.45) is 4.76. The molecule has 2 aliphatic rings. The minimum atomic E-state index is -0.162. The summed E-state index contributed by atoms with van der Waals surface area (Å²) in [7, 11) is 0. The van der Waals surface area contributed by atoms with Gasteiger partial charge in [-0.25, -0.2) is 0 Å². The van der Waals surface area contributed by atoms with Crippen molar-refractivity contribution in [1.29, 1.82) is 0 Å². The Kier molecular flexibility index (Phi) is 8.78. The molecule has 170 valence electrons. The van der Waals surface area contributed by atoms with Crippen LogP contribution in [0.2, 0.25) is 0 Å². The van der Waals surface area contributed by atoms with Crippen molar-refractivity contribution in [2.24, 2.45) is 0 Å². The third-order valence-electron chi connectivity index (χ3n) is 5.92. The fourth-order valence-electron chi connectivity index (χ4n) is 4.11. The molecule has 0 radical (unpaired) electrons. The number of piperidine rings is 1. The lowest BCUT2D eigenvalue weighted by Crippen LogP contribution is -2.44. The number of nitrogens with one attached hydrogen (secondary N) is 1. The SMILES string of the molecule is CCN(CC)C(=O)c1ccc2c(c1)N(CC(=O)NCCCN1CCCCC1)C(=O)CS2. The van der Waals surface area contributed by atoms with Gasteiger partial charge in [0, 0.05) is 30.1 Å². The minimum Gasteiger partial charge on any atom is -0.355 e. The second kappa shape index (κ2) is 11.5. The number of rotatable bonds is 9. The molecule has 1 aromatic carbocycles. The van der Waals surface area contributed by atoms with Crippen LogP contribution in [-0.2, 0) is 9.59 Å². The number of nitrogens with zero attached hydrogens (tertiary/aromatic N) is 3. The highest BCUT2D eigenvalue weighted by molar-refractivity contribution is 8.00. The Balaban J connectivity index is 1.59. The third kappa shape index (κ3) is 6.23. The number of carbonyl (C=O) groups is 3. The molecular weight excluding hydrogens is 412 g/mol. The maximum Gasteiger partial charge on any atom is 0.253 e. The normalized spacial score (nSPS) is 16.7. The van der Waals surface area contributed by atoms with Crippen molar-refractivity contribution in [3.05, 3.63) is 23.8 Å². The van der Waals surface area contributed by atoms with E-state index in [2.05, 4.69) is 10.2 Å². The first kappa shape index (κ1) is 23.6. The van der Waals surface area contributed by atoms with E-state index in [-0.39, 0.29) is 24.3 Å². The molecule has 1 saturated heterocycles. The van der Waals surface area contributed by atoms with E-state index in [0.29, 0.717) is 36.6 Å². The Morgan fingerprint density at radius 3 is 2.58 bits per heavy atom. The van der Waals surface area contributed by atoms with E-state index >= 15 is 0 Å². The van der Waals surface area contributed by atoms with Gasteiger partial charge in [0.1, 0.15) is 6.54 Å². The van der Waals surface area contributed by atoms with E-state index < -0.39 is 0 Å². The molecule has 8 heteroatoms. The summed E-state index contributed by atoms with van der Waals surface area (Å²) < 4.78 is 0. The van der Waals surface area contributed by atoms with Crippen molar-refractivity contribution >= 4 is 35.2 Å². The van der Waals surface area contributed by atoms with E-state index in [1.165, 1.54) is 35.9 Å².